The van der Waals surface area contributed by atoms with E-state index in [1.807, 2.05) is 12.2 Å². The van der Waals surface area contributed by atoms with Crippen molar-refractivity contribution in [2.75, 3.05) is 4.90 Å². The van der Waals surface area contributed by atoms with Crippen LogP contribution in [-0.2, 0) is 11.8 Å². The molecule has 1 spiro atoms. The molecule has 0 radical (unpaired) electrons. The molecule has 3 heteroatoms. The maximum atomic E-state index is 6.67. The van der Waals surface area contributed by atoms with Gasteiger partial charge in [0.2, 0.25) is 0 Å². The fraction of sp³-hybridized carbons (Fsp3) is 0.0294. The van der Waals surface area contributed by atoms with Crippen LogP contribution in [-0.4, -0.2) is 4.57 Å². The fourth-order valence-electron chi connectivity index (χ4n) is 11.4. The van der Waals surface area contributed by atoms with Gasteiger partial charge in [0.1, 0.15) is 11.5 Å². The summed E-state index contributed by atoms with van der Waals surface area (Å²) in [6.07, 6.45) is 8.88. The zero-order valence-corrected chi connectivity index (χ0v) is 39.1. The number of aromatic nitrogens is 1. The van der Waals surface area contributed by atoms with E-state index in [0.29, 0.717) is 0 Å². The zero-order chi connectivity index (χ0) is 47.3. The molecule has 2 heterocycles. The number of benzene rings is 10. The largest absolute Gasteiger partial charge is 0.457 e. The number of fused-ring (bicyclic) bond motifs is 12. The van der Waals surface area contributed by atoms with Gasteiger partial charge in [0.05, 0.1) is 16.4 Å². The molecule has 11 aromatic rings. The molecule has 0 fully saturated rings. The third-order valence-corrected chi connectivity index (χ3v) is 14.5. The summed E-state index contributed by atoms with van der Waals surface area (Å²) in [5.41, 5.74) is 19.5. The standard InChI is InChI=1S/C68H48N2O/c1-2-3-7-26-54(43-47-20-8-4-9-21-47)69(53-37-33-49(34-38-53)48-22-10-5-11-23-48)55-39-42-65-59(46-55)58-44-50(36-41-64(58)70(65)52-24-12-6-13-25-52)51-35-40-57-56-27-14-15-28-60(56)68(63(57)45-51)61-29-16-18-31-66(61)71-67-32-19-17-30-62(67)68/h2-42,44-46H,1,43H2/b7-3-,54-26+. The van der Waals surface area contributed by atoms with Crippen molar-refractivity contribution < 1.29 is 4.74 Å². The zero-order valence-electron chi connectivity index (χ0n) is 39.1. The minimum atomic E-state index is -0.551. The van der Waals surface area contributed by atoms with E-state index >= 15 is 0 Å². The van der Waals surface area contributed by atoms with Crippen LogP contribution in [0.4, 0.5) is 11.4 Å². The lowest BCUT2D eigenvalue weighted by atomic mass is 9.66. The van der Waals surface area contributed by atoms with E-state index in [1.54, 1.807) is 0 Å². The second kappa shape index (κ2) is 17.4. The lowest BCUT2D eigenvalue weighted by Crippen LogP contribution is -2.32. The van der Waals surface area contributed by atoms with Crippen molar-refractivity contribution in [3.8, 4) is 50.6 Å². The number of nitrogens with zero attached hydrogens (tertiary/aromatic N) is 2. The normalized spacial score (nSPS) is 13.2. The molecule has 1 aliphatic carbocycles. The van der Waals surface area contributed by atoms with Gasteiger partial charge in [-0.1, -0.05) is 195 Å². The molecule has 71 heavy (non-hydrogen) atoms. The molecule has 0 saturated heterocycles. The lowest BCUT2D eigenvalue weighted by Gasteiger charge is -2.39. The Hall–Kier alpha value is -9.18. The number of ether oxygens (including phenoxy) is 1. The third kappa shape index (κ3) is 6.96. The molecule has 0 unspecified atom stereocenters. The molecule has 1 aliphatic heterocycles. The average molecular weight is 909 g/mol. The van der Waals surface area contributed by atoms with Gasteiger partial charge < -0.3 is 14.2 Å². The lowest BCUT2D eigenvalue weighted by molar-refractivity contribution is 0.436. The highest BCUT2D eigenvalue weighted by molar-refractivity contribution is 6.12. The second-order valence-electron chi connectivity index (χ2n) is 18.4. The highest BCUT2D eigenvalue weighted by atomic mass is 16.5. The highest BCUT2D eigenvalue weighted by Gasteiger charge is 2.51. The molecule has 13 rings (SSSR count). The van der Waals surface area contributed by atoms with E-state index < -0.39 is 5.41 Å². The van der Waals surface area contributed by atoms with E-state index in [0.717, 1.165) is 68.4 Å². The molecule has 1 aromatic heterocycles. The van der Waals surface area contributed by atoms with Crippen LogP contribution in [0.1, 0.15) is 27.8 Å². The smallest absolute Gasteiger partial charge is 0.132 e. The number of para-hydroxylation sites is 3. The Bertz CT molecular complexity index is 3840. The predicted molar refractivity (Wildman–Crippen MR) is 295 cm³/mol. The summed E-state index contributed by atoms with van der Waals surface area (Å²) in [7, 11) is 0. The molecule has 2 aliphatic rings. The SMILES string of the molecule is C=C/C=C\C=C(/Cc1ccccc1)N(c1ccc(-c2ccccc2)cc1)c1ccc2c(c1)c1cc(-c3ccc4c(c3)C3(c5ccccc5Oc5ccccc53)c3ccccc3-4)ccc1n2-c1ccccc1. The number of hydrogen-bond acceptors (Lipinski definition) is 2. The van der Waals surface area contributed by atoms with Gasteiger partial charge >= 0.3 is 0 Å². The fourth-order valence-corrected chi connectivity index (χ4v) is 11.4. The molecular weight excluding hydrogens is 861 g/mol. The van der Waals surface area contributed by atoms with Crippen molar-refractivity contribution in [1.82, 2.24) is 4.57 Å². The maximum Gasteiger partial charge on any atom is 0.132 e. The number of hydrogen-bond donors (Lipinski definition) is 0. The molecule has 0 N–H and O–H groups in total. The summed E-state index contributed by atoms with van der Waals surface area (Å²) in [6.45, 7) is 3.99. The van der Waals surface area contributed by atoms with E-state index in [1.165, 1.54) is 55.3 Å². The van der Waals surface area contributed by atoms with Gasteiger partial charge in [-0.25, -0.2) is 0 Å². The number of allylic oxidation sites excluding steroid dienone is 5. The van der Waals surface area contributed by atoms with Crippen LogP contribution >= 0.6 is 0 Å². The quantitative estimate of drug-likeness (QED) is 0.127. The maximum absolute atomic E-state index is 6.67. The van der Waals surface area contributed by atoms with E-state index in [-0.39, 0.29) is 0 Å². The van der Waals surface area contributed by atoms with Crippen molar-refractivity contribution in [2.24, 2.45) is 0 Å². The third-order valence-electron chi connectivity index (χ3n) is 14.5. The van der Waals surface area contributed by atoms with Gasteiger partial charge in [-0.15, -0.1) is 0 Å². The number of rotatable bonds is 10. The Kier molecular flexibility index (Phi) is 10.3. The monoisotopic (exact) mass is 908 g/mol. The second-order valence-corrected chi connectivity index (χ2v) is 18.4. The highest BCUT2D eigenvalue weighted by Crippen LogP contribution is 2.62. The minimum absolute atomic E-state index is 0.551. The van der Waals surface area contributed by atoms with Gasteiger partial charge in [-0.2, -0.15) is 0 Å². The van der Waals surface area contributed by atoms with Crippen molar-refractivity contribution in [2.45, 2.75) is 11.8 Å². The Morgan fingerprint density at radius 2 is 0.986 bits per heavy atom. The first-order chi connectivity index (χ1) is 35.2. The number of anilines is 2. The van der Waals surface area contributed by atoms with Crippen LogP contribution in [0.15, 0.2) is 279 Å². The van der Waals surface area contributed by atoms with Crippen molar-refractivity contribution in [3.63, 3.8) is 0 Å². The Morgan fingerprint density at radius 3 is 1.70 bits per heavy atom. The topological polar surface area (TPSA) is 17.4 Å². The summed E-state index contributed by atoms with van der Waals surface area (Å²) in [5.74, 6) is 1.79. The first kappa shape index (κ1) is 42.0. The summed E-state index contributed by atoms with van der Waals surface area (Å²) >= 11 is 0. The van der Waals surface area contributed by atoms with Gasteiger partial charge in [0, 0.05) is 51.1 Å². The Morgan fingerprint density at radius 1 is 0.451 bits per heavy atom. The molecular formula is C68H48N2O. The van der Waals surface area contributed by atoms with Gasteiger partial charge in [-0.3, -0.25) is 0 Å². The molecule has 0 bridgehead atoms. The minimum Gasteiger partial charge on any atom is -0.457 e. The van der Waals surface area contributed by atoms with Gasteiger partial charge in [-0.05, 0) is 129 Å². The first-order valence-electron chi connectivity index (χ1n) is 24.4. The average Bonchev–Trinajstić information content (AvgIpc) is 3.93. The molecule has 0 amide bonds. The molecule has 336 valence electrons. The van der Waals surface area contributed by atoms with E-state index in [2.05, 4.69) is 271 Å². The van der Waals surface area contributed by atoms with Crippen molar-refractivity contribution in [1.29, 1.82) is 0 Å². The van der Waals surface area contributed by atoms with Crippen molar-refractivity contribution in [3.05, 3.63) is 307 Å². The van der Waals surface area contributed by atoms with E-state index in [4.69, 9.17) is 4.74 Å². The predicted octanol–water partition coefficient (Wildman–Crippen LogP) is 17.6. The van der Waals surface area contributed by atoms with Crippen LogP contribution in [0, 0.1) is 0 Å². The van der Waals surface area contributed by atoms with Crippen LogP contribution in [0.2, 0.25) is 0 Å². The summed E-state index contributed by atoms with van der Waals surface area (Å²) < 4.78 is 9.08. The van der Waals surface area contributed by atoms with Gasteiger partial charge in [0.15, 0.2) is 0 Å². The first-order valence-corrected chi connectivity index (χ1v) is 24.4. The summed E-state index contributed by atoms with van der Waals surface area (Å²) in [6, 6.07) is 88.3. The Balaban J connectivity index is 1.02. The summed E-state index contributed by atoms with van der Waals surface area (Å²) in [4.78, 5) is 2.42. The Labute approximate surface area is 414 Å². The molecule has 10 aromatic carbocycles. The van der Waals surface area contributed by atoms with Gasteiger partial charge in [0.25, 0.3) is 0 Å². The van der Waals surface area contributed by atoms with Crippen molar-refractivity contribution >= 4 is 33.2 Å². The van der Waals surface area contributed by atoms with E-state index in [9.17, 15) is 0 Å². The van der Waals surface area contributed by atoms with Crippen LogP contribution in [0.5, 0.6) is 11.5 Å². The molecule has 0 atom stereocenters. The molecule has 0 saturated carbocycles. The van der Waals surface area contributed by atoms with Crippen LogP contribution < -0.4 is 9.64 Å². The van der Waals surface area contributed by atoms with Crippen LogP contribution in [0.3, 0.4) is 0 Å². The molecule has 3 nitrogen and oxygen atoms in total. The van der Waals surface area contributed by atoms with Crippen LogP contribution in [0.25, 0.3) is 60.9 Å². The summed E-state index contributed by atoms with van der Waals surface area (Å²) in [5, 5.41) is 2.36.